The Morgan fingerprint density at radius 2 is 1.19 bits per heavy atom. The number of esters is 1. The van der Waals surface area contributed by atoms with E-state index in [9.17, 15) is 19.2 Å². The van der Waals surface area contributed by atoms with Gasteiger partial charge in [-0.15, -0.1) is 0 Å². The van der Waals surface area contributed by atoms with Crippen LogP contribution in [0.1, 0.15) is 79.7 Å². The molecule has 1 rings (SSSR count). The van der Waals surface area contributed by atoms with Crippen LogP contribution in [0.5, 0.6) is 11.5 Å². The normalized spacial score (nSPS) is 13.2. The van der Waals surface area contributed by atoms with Crippen molar-refractivity contribution in [1.29, 1.82) is 0 Å². The quantitative estimate of drug-likeness (QED) is 0.121. The highest BCUT2D eigenvalue weighted by Crippen LogP contribution is 2.32. The summed E-state index contributed by atoms with van der Waals surface area (Å²) < 4.78 is 36.2. The first-order valence-electron chi connectivity index (χ1n) is 14.7. The monoisotopic (exact) mass is 611 g/mol. The van der Waals surface area contributed by atoms with Gasteiger partial charge in [0, 0.05) is 12.8 Å². The molecule has 0 amide bonds. The molecule has 1 unspecified atom stereocenters. The van der Waals surface area contributed by atoms with Crippen LogP contribution in [-0.2, 0) is 34.9 Å². The Balaban J connectivity index is 3.13. The van der Waals surface area contributed by atoms with Gasteiger partial charge in [0.25, 0.3) is 0 Å². The second-order valence-corrected chi connectivity index (χ2v) is 11.8. The van der Waals surface area contributed by atoms with Crippen LogP contribution in [0.2, 0.25) is 0 Å². The molecule has 12 nitrogen and oxygen atoms in total. The minimum atomic E-state index is -1.64. The number of hydrogen-bond donors (Lipinski definition) is 1. The van der Waals surface area contributed by atoms with Gasteiger partial charge < -0.3 is 38.9 Å². The van der Waals surface area contributed by atoms with Crippen LogP contribution in [0.4, 0.5) is 14.4 Å². The van der Waals surface area contributed by atoms with E-state index >= 15 is 0 Å². The third kappa shape index (κ3) is 15.5. The summed E-state index contributed by atoms with van der Waals surface area (Å²) in [5.74, 6) is -0.00901. The van der Waals surface area contributed by atoms with E-state index in [2.05, 4.69) is 0 Å². The average molecular weight is 612 g/mol. The van der Waals surface area contributed by atoms with E-state index in [1.54, 1.807) is 13.0 Å². The van der Waals surface area contributed by atoms with Crippen molar-refractivity contribution in [3.8, 4) is 11.5 Å². The predicted octanol–water partition coefficient (Wildman–Crippen LogP) is 6.20. The molecule has 0 heterocycles. The van der Waals surface area contributed by atoms with E-state index in [1.165, 1.54) is 19.2 Å². The molecule has 1 aromatic rings. The summed E-state index contributed by atoms with van der Waals surface area (Å²) >= 11 is 0. The lowest BCUT2D eigenvalue weighted by atomic mass is 9.86. The number of benzene rings is 1. The van der Waals surface area contributed by atoms with Crippen molar-refractivity contribution in [2.45, 2.75) is 92.2 Å². The van der Waals surface area contributed by atoms with Crippen LogP contribution in [0, 0.1) is 17.8 Å². The first-order valence-corrected chi connectivity index (χ1v) is 14.7. The predicted molar refractivity (Wildman–Crippen MR) is 158 cm³/mol. The highest BCUT2D eigenvalue weighted by atomic mass is 16.7. The first-order chi connectivity index (χ1) is 20.1. The lowest BCUT2D eigenvalue weighted by Crippen LogP contribution is -2.53. The fraction of sp³-hybridized carbons (Fsp3) is 0.677. The molecular weight excluding hydrogens is 562 g/mol. The number of carbonyl (C=O) groups is 4. The lowest BCUT2D eigenvalue weighted by Gasteiger charge is -2.29. The van der Waals surface area contributed by atoms with E-state index < -0.39 is 36.1 Å². The van der Waals surface area contributed by atoms with Gasteiger partial charge in [-0.3, -0.25) is 4.79 Å². The third-order valence-corrected chi connectivity index (χ3v) is 6.20. The molecule has 0 saturated heterocycles. The molecule has 2 N–H and O–H groups in total. The maximum Gasteiger partial charge on any atom is 0.513 e. The Labute approximate surface area is 254 Å². The number of methoxy groups -OCH3 is 1. The van der Waals surface area contributed by atoms with Crippen LogP contribution in [0.3, 0.4) is 0 Å². The number of hydrogen-bond acceptors (Lipinski definition) is 12. The molecule has 244 valence electrons. The average Bonchev–Trinajstić information content (AvgIpc) is 2.88. The van der Waals surface area contributed by atoms with Crippen LogP contribution in [0.25, 0.3) is 0 Å². The number of nitrogens with two attached hydrogens (primary N) is 1. The molecular formula is C31H49NO11. The van der Waals surface area contributed by atoms with Crippen molar-refractivity contribution >= 4 is 24.4 Å². The van der Waals surface area contributed by atoms with Gasteiger partial charge in [0.15, 0.2) is 11.5 Å². The highest BCUT2D eigenvalue weighted by molar-refractivity contribution is 5.81. The molecule has 2 atom stereocenters. The van der Waals surface area contributed by atoms with Gasteiger partial charge in [0.05, 0.1) is 26.9 Å². The second kappa shape index (κ2) is 18.9. The fourth-order valence-corrected chi connectivity index (χ4v) is 3.75. The largest absolute Gasteiger partial charge is 0.513 e. The molecule has 0 radical (unpaired) electrons. The Morgan fingerprint density at radius 3 is 1.65 bits per heavy atom. The summed E-state index contributed by atoms with van der Waals surface area (Å²) in [7, 11) is 1.19. The molecule has 12 heteroatoms. The molecule has 1 aromatic carbocycles. The second-order valence-electron chi connectivity index (χ2n) is 11.8. The molecule has 43 heavy (non-hydrogen) atoms. The van der Waals surface area contributed by atoms with Gasteiger partial charge in [0.1, 0.15) is 11.6 Å². The molecule has 0 spiro atoms. The molecule has 0 saturated carbocycles. The summed E-state index contributed by atoms with van der Waals surface area (Å²) in [6, 6.07) is 4.33. The summed E-state index contributed by atoms with van der Waals surface area (Å²) in [5.41, 5.74) is 5.30. The Bertz CT molecular complexity index is 1040. The fourth-order valence-electron chi connectivity index (χ4n) is 3.75. The minimum absolute atomic E-state index is 0.0966. The molecule has 0 aliphatic heterocycles. The van der Waals surface area contributed by atoms with Gasteiger partial charge in [0.2, 0.25) is 0 Å². The number of ether oxygens (including phenoxy) is 7. The summed E-state index contributed by atoms with van der Waals surface area (Å²) in [4.78, 5) is 49.6. The molecule has 0 aliphatic carbocycles. The third-order valence-electron chi connectivity index (χ3n) is 6.20. The summed E-state index contributed by atoms with van der Waals surface area (Å²) in [5, 5.41) is 0. The van der Waals surface area contributed by atoms with Crippen molar-refractivity contribution < 1.29 is 52.3 Å². The number of rotatable bonds is 17. The van der Waals surface area contributed by atoms with Gasteiger partial charge in [-0.2, -0.15) is 0 Å². The van der Waals surface area contributed by atoms with Crippen molar-refractivity contribution in [1.82, 2.24) is 0 Å². The van der Waals surface area contributed by atoms with Crippen molar-refractivity contribution in [2.75, 3.05) is 26.9 Å². The SMILES string of the molecule is COC(=O)C(N)(Cc1ccc(OC(=O)OCCC(C)C)c(OC(=O)OCCC(C)C)c1)C[C@H](C)OC(=O)OCCC(C)C. The maximum absolute atomic E-state index is 12.8. The molecule has 0 fully saturated rings. The molecule has 0 aliphatic rings. The molecule has 0 aromatic heterocycles. The topological polar surface area (TPSA) is 159 Å². The zero-order valence-electron chi connectivity index (χ0n) is 26.8. The van der Waals surface area contributed by atoms with Crippen LogP contribution >= 0.6 is 0 Å². The van der Waals surface area contributed by atoms with Crippen molar-refractivity contribution in [3.63, 3.8) is 0 Å². The van der Waals surface area contributed by atoms with E-state index in [1.807, 2.05) is 41.5 Å². The van der Waals surface area contributed by atoms with E-state index in [0.29, 0.717) is 42.6 Å². The number of carbonyl (C=O) groups excluding carboxylic acids is 4. The molecule has 0 bridgehead atoms. The lowest BCUT2D eigenvalue weighted by molar-refractivity contribution is -0.148. The van der Waals surface area contributed by atoms with Gasteiger partial charge >= 0.3 is 24.4 Å². The zero-order valence-corrected chi connectivity index (χ0v) is 26.8. The van der Waals surface area contributed by atoms with Gasteiger partial charge in [-0.25, -0.2) is 14.4 Å². The Hall–Kier alpha value is -3.54. The van der Waals surface area contributed by atoms with Crippen LogP contribution < -0.4 is 15.2 Å². The smallest absolute Gasteiger partial charge is 0.468 e. The summed E-state index contributed by atoms with van der Waals surface area (Å²) in [6.07, 6.45) is -1.90. The van der Waals surface area contributed by atoms with Crippen molar-refractivity contribution in [2.24, 2.45) is 23.5 Å². The van der Waals surface area contributed by atoms with Gasteiger partial charge in [-0.05, 0) is 61.6 Å². The van der Waals surface area contributed by atoms with E-state index in [4.69, 9.17) is 38.9 Å². The van der Waals surface area contributed by atoms with Crippen LogP contribution in [0.15, 0.2) is 18.2 Å². The zero-order chi connectivity index (χ0) is 32.6. The van der Waals surface area contributed by atoms with Crippen LogP contribution in [-0.4, -0.2) is 63.0 Å². The van der Waals surface area contributed by atoms with Crippen molar-refractivity contribution in [3.05, 3.63) is 23.8 Å². The van der Waals surface area contributed by atoms with E-state index in [0.717, 1.165) is 0 Å². The maximum atomic E-state index is 12.8. The Kier molecular flexibility index (Phi) is 16.5. The van der Waals surface area contributed by atoms with Gasteiger partial charge in [-0.1, -0.05) is 47.6 Å². The highest BCUT2D eigenvalue weighted by Gasteiger charge is 2.38. The first kappa shape index (κ1) is 37.5. The minimum Gasteiger partial charge on any atom is -0.468 e. The Morgan fingerprint density at radius 1 is 0.721 bits per heavy atom. The summed E-state index contributed by atoms with van der Waals surface area (Å²) in [6.45, 7) is 14.0. The van der Waals surface area contributed by atoms with E-state index in [-0.39, 0.29) is 44.2 Å². The standard InChI is InChI=1S/C31H49NO11/c1-20(2)11-14-38-28(34)41-23(7)18-31(32,27(33)37-8)19-24-9-10-25(42-29(35)39-15-12-21(3)4)26(17-24)43-30(36)40-16-13-22(5)6/h9-10,17,20-23H,11-16,18-19,32H2,1-8H3/t23-,31?/m0/s1.